The molecule has 0 aliphatic carbocycles. The van der Waals surface area contributed by atoms with Crippen molar-refractivity contribution in [1.29, 1.82) is 0 Å². The number of carbonyl (C=O) groups is 1. The lowest BCUT2D eigenvalue weighted by Gasteiger charge is -2.33. The van der Waals surface area contributed by atoms with Crippen LogP contribution in [0.3, 0.4) is 0 Å². The largest absolute Gasteiger partial charge is 0.507 e. The predicted molar refractivity (Wildman–Crippen MR) is 119 cm³/mol. The van der Waals surface area contributed by atoms with Gasteiger partial charge in [-0.05, 0) is 69.2 Å². The van der Waals surface area contributed by atoms with E-state index >= 15 is 0 Å². The molecule has 0 radical (unpaired) electrons. The molecule has 5 rings (SSSR count). The van der Waals surface area contributed by atoms with E-state index in [1.54, 1.807) is 18.2 Å². The van der Waals surface area contributed by atoms with Crippen LogP contribution in [0.2, 0.25) is 0 Å². The topological polar surface area (TPSA) is 59.0 Å². The van der Waals surface area contributed by atoms with Crippen LogP contribution in [0.1, 0.15) is 54.6 Å². The second-order valence-electron chi connectivity index (χ2n) is 8.64. The molecule has 1 fully saturated rings. The van der Waals surface area contributed by atoms with E-state index in [1.807, 2.05) is 37.3 Å². The molecule has 0 spiro atoms. The Labute approximate surface area is 182 Å². The highest BCUT2D eigenvalue weighted by Crippen LogP contribution is 2.41. The molecule has 3 aliphatic rings. The minimum absolute atomic E-state index is 0.157. The Balaban J connectivity index is 1.47. The lowest BCUT2D eigenvalue weighted by molar-refractivity contribution is 0.101. The van der Waals surface area contributed by atoms with Crippen LogP contribution in [0, 0.1) is 0 Å². The van der Waals surface area contributed by atoms with Gasteiger partial charge in [0.1, 0.15) is 23.4 Å². The minimum Gasteiger partial charge on any atom is -0.507 e. The van der Waals surface area contributed by atoms with Crippen molar-refractivity contribution in [3.8, 4) is 17.2 Å². The number of rotatable bonds is 3. The van der Waals surface area contributed by atoms with Crippen LogP contribution in [0.5, 0.6) is 17.2 Å². The molecule has 1 saturated heterocycles. The maximum Gasteiger partial charge on any atom is 0.231 e. The van der Waals surface area contributed by atoms with Crippen molar-refractivity contribution in [3.63, 3.8) is 0 Å². The monoisotopic (exact) mass is 417 g/mol. The molecule has 3 aliphatic heterocycles. The van der Waals surface area contributed by atoms with Gasteiger partial charge in [-0.25, -0.2) is 0 Å². The number of carbonyl (C=O) groups excluding carboxylic acids is 1. The second-order valence-corrected chi connectivity index (χ2v) is 8.64. The molecule has 5 nitrogen and oxygen atoms in total. The van der Waals surface area contributed by atoms with Crippen LogP contribution < -0.4 is 9.47 Å². The summed E-state index contributed by atoms with van der Waals surface area (Å²) < 4.78 is 12.1. The summed E-state index contributed by atoms with van der Waals surface area (Å²) in [5.74, 6) is 1.61. The van der Waals surface area contributed by atoms with E-state index in [9.17, 15) is 9.90 Å². The van der Waals surface area contributed by atoms with Gasteiger partial charge < -0.3 is 14.6 Å². The van der Waals surface area contributed by atoms with Crippen molar-refractivity contribution in [3.05, 3.63) is 70.5 Å². The number of phenols is 1. The summed E-state index contributed by atoms with van der Waals surface area (Å²) >= 11 is 0. The fourth-order valence-electron chi connectivity index (χ4n) is 4.62. The maximum absolute atomic E-state index is 13.1. The second kappa shape index (κ2) is 7.89. The van der Waals surface area contributed by atoms with Gasteiger partial charge in [0.25, 0.3) is 0 Å². The molecular weight excluding hydrogens is 390 g/mol. The maximum atomic E-state index is 13.1. The van der Waals surface area contributed by atoms with Gasteiger partial charge in [-0.15, -0.1) is 0 Å². The summed E-state index contributed by atoms with van der Waals surface area (Å²) in [6.45, 7) is 5.74. The molecular formula is C26H27NO4. The number of para-hydroxylation sites is 1. The molecule has 1 N–H and O–H groups in total. The summed E-state index contributed by atoms with van der Waals surface area (Å²) in [5.41, 5.74) is 3.06. The number of allylic oxidation sites excluding steroid dienone is 1. The van der Waals surface area contributed by atoms with Crippen LogP contribution in [-0.2, 0) is 6.54 Å². The standard InChI is InChI=1S/C26H27NO4/c1-16-7-5-6-12-27(16)15-21-22(28)11-10-20-25(29)24(31-26(20)21)14-19-13-18-8-3-4-9-23(18)30-17(19)2/h3-4,8-11,13-14,16-17,28H,5-7,12,15H2,1-2H3/b24-14-/t16-,17+/m1/s1. The van der Waals surface area contributed by atoms with E-state index in [1.165, 1.54) is 6.42 Å². The number of aromatic hydroxyl groups is 1. The van der Waals surface area contributed by atoms with Gasteiger partial charge in [0.2, 0.25) is 5.78 Å². The van der Waals surface area contributed by atoms with Crippen LogP contribution in [0.25, 0.3) is 6.08 Å². The number of likely N-dealkylation sites (tertiary alicyclic amines) is 1. The zero-order valence-electron chi connectivity index (χ0n) is 17.9. The van der Waals surface area contributed by atoms with Crippen LogP contribution in [0.15, 0.2) is 53.8 Å². The normalized spacial score (nSPS) is 24.3. The number of hydrogen-bond donors (Lipinski definition) is 1. The molecule has 0 amide bonds. The van der Waals surface area contributed by atoms with Crippen molar-refractivity contribution >= 4 is 11.9 Å². The van der Waals surface area contributed by atoms with Gasteiger partial charge in [-0.1, -0.05) is 24.6 Å². The Morgan fingerprint density at radius 2 is 2.00 bits per heavy atom. The van der Waals surface area contributed by atoms with Gasteiger partial charge in [-0.2, -0.15) is 0 Å². The quantitative estimate of drug-likeness (QED) is 0.705. The van der Waals surface area contributed by atoms with E-state index in [0.717, 1.165) is 36.3 Å². The summed E-state index contributed by atoms with van der Waals surface area (Å²) in [6.07, 6.45) is 7.14. The van der Waals surface area contributed by atoms with Gasteiger partial charge in [0.15, 0.2) is 5.76 Å². The minimum atomic E-state index is -0.190. The molecule has 0 aromatic heterocycles. The number of phenolic OH excluding ortho intramolecular Hbond substituents is 1. The smallest absolute Gasteiger partial charge is 0.231 e. The average Bonchev–Trinajstić information content (AvgIpc) is 3.07. The molecule has 31 heavy (non-hydrogen) atoms. The zero-order chi connectivity index (χ0) is 21.5. The lowest BCUT2D eigenvalue weighted by atomic mass is 9.99. The summed E-state index contributed by atoms with van der Waals surface area (Å²) in [4.78, 5) is 15.4. The molecule has 0 saturated carbocycles. The molecule has 0 unspecified atom stereocenters. The Morgan fingerprint density at radius 3 is 2.84 bits per heavy atom. The molecule has 5 heteroatoms. The molecule has 2 atom stereocenters. The molecule has 3 heterocycles. The number of ether oxygens (including phenoxy) is 2. The summed E-state index contributed by atoms with van der Waals surface area (Å²) in [6, 6.07) is 11.5. The zero-order valence-corrected chi connectivity index (χ0v) is 17.9. The highest BCUT2D eigenvalue weighted by Gasteiger charge is 2.33. The van der Waals surface area contributed by atoms with E-state index in [-0.39, 0.29) is 23.4 Å². The van der Waals surface area contributed by atoms with Crippen LogP contribution >= 0.6 is 0 Å². The van der Waals surface area contributed by atoms with E-state index < -0.39 is 0 Å². The number of ketones is 1. The Kier molecular flexibility index (Phi) is 5.06. The van der Waals surface area contributed by atoms with Crippen molar-refractivity contribution in [2.24, 2.45) is 0 Å². The SMILES string of the molecule is C[C@@H]1Oc2ccccc2C=C1/C=C1\Oc2c(ccc(O)c2CN2CCCC[C@H]2C)C1=O. The van der Waals surface area contributed by atoms with Crippen molar-refractivity contribution in [1.82, 2.24) is 4.90 Å². The highest BCUT2D eigenvalue weighted by molar-refractivity contribution is 6.13. The van der Waals surface area contributed by atoms with Crippen LogP contribution in [-0.4, -0.2) is 34.5 Å². The average molecular weight is 418 g/mol. The fraction of sp³-hybridized carbons (Fsp3) is 0.346. The van der Waals surface area contributed by atoms with Crippen molar-refractivity contribution in [2.75, 3.05) is 6.54 Å². The number of hydrogen-bond acceptors (Lipinski definition) is 5. The van der Waals surface area contributed by atoms with Crippen molar-refractivity contribution in [2.45, 2.75) is 51.8 Å². The first kappa shape index (κ1) is 19.9. The Hall–Kier alpha value is -3.05. The number of Topliss-reactive ketones (excluding diaryl/α,β-unsaturated/α-hetero) is 1. The number of piperidine rings is 1. The Bertz CT molecular complexity index is 1100. The van der Waals surface area contributed by atoms with Gasteiger partial charge >= 0.3 is 0 Å². The number of fused-ring (bicyclic) bond motifs is 2. The first-order valence-electron chi connectivity index (χ1n) is 11.0. The molecule has 0 bridgehead atoms. The van der Waals surface area contributed by atoms with Crippen molar-refractivity contribution < 1.29 is 19.4 Å². The van der Waals surface area contributed by atoms with Gasteiger partial charge in [-0.3, -0.25) is 9.69 Å². The van der Waals surface area contributed by atoms with Gasteiger partial charge in [0.05, 0.1) is 11.1 Å². The first-order valence-corrected chi connectivity index (χ1v) is 11.0. The van der Waals surface area contributed by atoms with E-state index in [2.05, 4.69) is 11.8 Å². The molecule has 2 aromatic rings. The number of nitrogens with zero attached hydrogens (tertiary/aromatic N) is 1. The molecule has 160 valence electrons. The fourth-order valence-corrected chi connectivity index (χ4v) is 4.62. The summed E-state index contributed by atoms with van der Waals surface area (Å²) in [7, 11) is 0. The van der Waals surface area contributed by atoms with E-state index in [0.29, 0.717) is 29.5 Å². The summed E-state index contributed by atoms with van der Waals surface area (Å²) in [5, 5.41) is 10.6. The number of benzene rings is 2. The lowest BCUT2D eigenvalue weighted by Crippen LogP contribution is -2.36. The molecule has 2 aromatic carbocycles. The third-order valence-corrected chi connectivity index (χ3v) is 6.53. The van der Waals surface area contributed by atoms with E-state index in [4.69, 9.17) is 9.47 Å². The Morgan fingerprint density at radius 1 is 1.16 bits per heavy atom. The predicted octanol–water partition coefficient (Wildman–Crippen LogP) is 5.09. The third-order valence-electron chi connectivity index (χ3n) is 6.53. The highest BCUT2D eigenvalue weighted by atomic mass is 16.5. The van der Waals surface area contributed by atoms with Gasteiger partial charge in [0, 0.05) is 18.2 Å². The van der Waals surface area contributed by atoms with Crippen LogP contribution in [0.4, 0.5) is 0 Å². The third kappa shape index (κ3) is 3.63. The first-order chi connectivity index (χ1) is 15.0.